The summed E-state index contributed by atoms with van der Waals surface area (Å²) in [4.78, 5) is 228. The summed E-state index contributed by atoms with van der Waals surface area (Å²) in [5, 5.41) is 75.3. The van der Waals surface area contributed by atoms with Gasteiger partial charge in [0.15, 0.2) is 0 Å². The minimum Gasteiger partial charge on any atom is -0.508 e. The van der Waals surface area contributed by atoms with Crippen molar-refractivity contribution >= 4 is 122 Å². The van der Waals surface area contributed by atoms with Crippen LogP contribution in [0.4, 0.5) is 0 Å². The fourth-order valence-electron chi connectivity index (χ4n) is 9.45. The summed E-state index contributed by atoms with van der Waals surface area (Å²) in [7, 11) is 1.49. The third-order valence-corrected chi connectivity index (χ3v) is 16.9. The van der Waals surface area contributed by atoms with Gasteiger partial charge in [-0.15, -0.1) is 0 Å². The molecule has 0 unspecified atom stereocenters. The van der Waals surface area contributed by atoms with Gasteiger partial charge in [-0.3, -0.25) is 76.7 Å². The molecule has 2 heterocycles. The van der Waals surface area contributed by atoms with E-state index in [0.717, 1.165) is 33.4 Å². The Hall–Kier alpha value is -10.2. The number of fused-ring (bicyclic) bond motifs is 1. The molecule has 15 amide bonds. The predicted octanol–water partition coefficient (Wildman–Crippen LogP) is -9.57. The van der Waals surface area contributed by atoms with Crippen molar-refractivity contribution in [2.24, 2.45) is 22.9 Å². The zero-order chi connectivity index (χ0) is 72.4. The number of nitrogens with one attached hydrogen (secondary N) is 11. The number of carbonyl (C=O) groups excluding carboxylic acids is 15. The van der Waals surface area contributed by atoms with Crippen molar-refractivity contribution in [3.05, 3.63) is 65.7 Å². The van der Waals surface area contributed by atoms with Gasteiger partial charge in [0.1, 0.15) is 72.2 Å². The molecule has 2 aromatic carbocycles. The van der Waals surface area contributed by atoms with Crippen molar-refractivity contribution in [3.63, 3.8) is 0 Å². The molecule has 4 rings (SSSR count). The number of carbonyl (C=O) groups is 17. The van der Waals surface area contributed by atoms with Crippen molar-refractivity contribution < 1.29 is 107 Å². The summed E-state index contributed by atoms with van der Waals surface area (Å²) in [5.74, 6) is -22.5. The van der Waals surface area contributed by atoms with Gasteiger partial charge in [-0.1, -0.05) is 64.1 Å². The second-order valence-corrected chi connectivity index (χ2v) is 24.8. The van der Waals surface area contributed by atoms with E-state index in [1.54, 1.807) is 30.3 Å². The van der Waals surface area contributed by atoms with Gasteiger partial charge in [-0.25, -0.2) is 4.79 Å². The standard InChI is InChI=1S/C57H78N16O22S2/c1-25-56(93)73-14-6-9-39(73)54(91)68-34(18-41(60)78)52(89)71-38(57(94)95)24-97-96-23-30(58)46(83)65-33(17-40(59)77)50(87)67-36(20-44(81)82)53(90)72-45(26(2)75)55(92)69-35(19-42(61)79)51(88)66-32(16-28-10-12-29(76)13-11-28)49(86)70-37(22-74)47(84)62-21-43(80)64-31(48(85)63-25)15-27-7-4-3-5-8-27/h3-5,7-8,10-13,25-26,30-39,45,74-76H,6,9,14-24,58H2,1-2H3,(H2,59,77)(H2,60,78)(H2,61,79)(H,62,84)(H,63,85)(H,64,80)(H,65,83)(H,66,88)(H,67,87)(H,68,91)(H,69,92)(H,70,86)(H,71,89)(H,72,90)(H,81,82)(H,94,95)/t25-,26+,30-,31-,32-,33-,34-,35-,36-,37-,38-,39-,45-/m0/s1. The first-order valence-electron chi connectivity index (χ1n) is 29.7. The molecule has 0 radical (unpaired) electrons. The zero-order valence-electron chi connectivity index (χ0n) is 52.1. The minimum absolute atomic E-state index is 0.00170. The van der Waals surface area contributed by atoms with Gasteiger partial charge < -0.3 is 112 Å². The van der Waals surface area contributed by atoms with Crippen LogP contribution in [0.3, 0.4) is 0 Å². The second kappa shape index (κ2) is 38.4. The summed E-state index contributed by atoms with van der Waals surface area (Å²) in [6, 6.07) is -8.45. The first-order chi connectivity index (χ1) is 45.7. The molecule has 0 aliphatic carbocycles. The van der Waals surface area contributed by atoms with E-state index in [9.17, 15) is 107 Å². The van der Waals surface area contributed by atoms with E-state index in [0.29, 0.717) is 5.56 Å². The average molecular weight is 1400 g/mol. The number of aliphatic hydroxyl groups is 2. The minimum atomic E-state index is -2.21. The van der Waals surface area contributed by atoms with Crippen LogP contribution in [0.15, 0.2) is 54.6 Å². The maximum absolute atomic E-state index is 14.1. The Morgan fingerprint density at radius 3 is 1.54 bits per heavy atom. The zero-order valence-corrected chi connectivity index (χ0v) is 53.8. The lowest BCUT2D eigenvalue weighted by molar-refractivity contribution is -0.143. The quantitative estimate of drug-likeness (QED) is 0.0736. The molecule has 13 atom stereocenters. The molecule has 38 nitrogen and oxygen atoms in total. The number of benzene rings is 2. The highest BCUT2D eigenvalue weighted by Gasteiger charge is 2.41. The number of aromatic hydroxyl groups is 1. The number of nitrogens with zero attached hydrogens (tertiary/aromatic N) is 1. The Kier molecular flexibility index (Phi) is 31.4. The SMILES string of the molecule is C[C@@H]1NC(=O)[C@H](Cc2ccccc2)NC(=O)CNC(=O)[C@H](CO)NC(=O)[C@H](Cc2ccc(O)cc2)NC(=O)[C@H](CC(N)=O)NC(=O)[C@H]([C@@H](C)O)NC(=O)[C@H](CC(=O)O)NC(=O)[C@H](CC(N)=O)NC(=O)[C@@H](N)CSSC[C@@H](C(=O)O)NC(=O)[C@H](CC(N)=O)NC(=O)[C@@H]2CCCN2C1=O. The molecule has 0 saturated carbocycles. The molecule has 2 aliphatic rings. The smallest absolute Gasteiger partial charge is 0.327 e. The number of nitrogens with two attached hydrogens (primary N) is 4. The van der Waals surface area contributed by atoms with Crippen molar-refractivity contribution in [1.82, 2.24) is 63.4 Å². The third kappa shape index (κ3) is 26.2. The van der Waals surface area contributed by atoms with E-state index < -0.39 is 230 Å². The van der Waals surface area contributed by atoms with Gasteiger partial charge in [0, 0.05) is 30.9 Å². The topological polar surface area (TPSA) is 631 Å². The Morgan fingerprint density at radius 2 is 1.00 bits per heavy atom. The number of hydrogen-bond acceptors (Lipinski definition) is 23. The number of amides is 15. The summed E-state index contributed by atoms with van der Waals surface area (Å²) in [5.41, 5.74) is 22.9. The Morgan fingerprint density at radius 1 is 0.546 bits per heavy atom. The number of rotatable bonds is 15. The number of aliphatic hydroxyl groups excluding tert-OH is 2. The Bertz CT molecular complexity index is 3260. The molecular weight excluding hydrogens is 1320 g/mol. The number of carboxylic acid groups (broad SMARTS) is 2. The monoisotopic (exact) mass is 1400 g/mol. The van der Waals surface area contributed by atoms with E-state index in [2.05, 4.69) is 47.9 Å². The molecule has 530 valence electrons. The van der Waals surface area contributed by atoms with Crippen LogP contribution in [-0.4, -0.2) is 241 Å². The van der Waals surface area contributed by atoms with E-state index in [4.69, 9.17) is 22.9 Å². The van der Waals surface area contributed by atoms with Crippen LogP contribution in [0.2, 0.25) is 0 Å². The molecule has 24 N–H and O–H groups in total. The van der Waals surface area contributed by atoms with Crippen LogP contribution in [0.5, 0.6) is 5.75 Å². The fraction of sp³-hybridized carbons (Fsp3) is 0.491. The van der Waals surface area contributed by atoms with E-state index >= 15 is 0 Å². The van der Waals surface area contributed by atoms with Crippen LogP contribution < -0.4 is 81.4 Å². The van der Waals surface area contributed by atoms with Crippen LogP contribution in [0.25, 0.3) is 0 Å². The molecule has 2 saturated heterocycles. The molecular formula is C57H78N16O22S2. The van der Waals surface area contributed by atoms with Gasteiger partial charge in [-0.2, -0.15) is 0 Å². The molecule has 40 heteroatoms. The number of phenols is 1. The molecule has 0 spiro atoms. The van der Waals surface area contributed by atoms with Crippen molar-refractivity contribution in [3.8, 4) is 5.75 Å². The van der Waals surface area contributed by atoms with Crippen molar-refractivity contribution in [1.29, 1.82) is 0 Å². The highest BCUT2D eigenvalue weighted by atomic mass is 33.1. The van der Waals surface area contributed by atoms with E-state index in [-0.39, 0.29) is 42.9 Å². The normalized spacial score (nSPS) is 26.3. The molecule has 2 aromatic rings. The molecule has 0 bridgehead atoms. The van der Waals surface area contributed by atoms with Gasteiger partial charge in [0.2, 0.25) is 88.6 Å². The van der Waals surface area contributed by atoms with E-state index in [1.807, 2.05) is 10.6 Å². The lowest BCUT2D eigenvalue weighted by Crippen LogP contribution is -2.62. The highest BCUT2D eigenvalue weighted by molar-refractivity contribution is 8.76. The maximum atomic E-state index is 14.1. The number of phenolic OH excluding ortho intramolecular Hbond substituents is 1. The van der Waals surface area contributed by atoms with Gasteiger partial charge in [-0.05, 0) is 49.9 Å². The molecule has 0 aromatic heterocycles. The first-order valence-corrected chi connectivity index (χ1v) is 32.2. The van der Waals surface area contributed by atoms with Gasteiger partial charge in [0.05, 0.1) is 51.0 Å². The number of primary amides is 3. The van der Waals surface area contributed by atoms with E-state index in [1.165, 1.54) is 31.2 Å². The number of carboxylic acids is 2. The summed E-state index contributed by atoms with van der Waals surface area (Å²) >= 11 is 0. The van der Waals surface area contributed by atoms with Gasteiger partial charge >= 0.3 is 11.9 Å². The molecule has 97 heavy (non-hydrogen) atoms. The summed E-state index contributed by atoms with van der Waals surface area (Å²) in [6.45, 7) is 0.0538. The number of aliphatic carboxylic acids is 2. The molecule has 2 fully saturated rings. The summed E-state index contributed by atoms with van der Waals surface area (Å²) < 4.78 is 0. The highest BCUT2D eigenvalue weighted by Crippen LogP contribution is 2.24. The lowest BCUT2D eigenvalue weighted by Gasteiger charge is -2.29. The number of hydrogen-bond donors (Lipinski definition) is 20. The maximum Gasteiger partial charge on any atom is 0.327 e. The largest absolute Gasteiger partial charge is 0.508 e. The van der Waals surface area contributed by atoms with Crippen LogP contribution in [0, 0.1) is 0 Å². The van der Waals surface area contributed by atoms with Crippen LogP contribution >= 0.6 is 21.6 Å². The summed E-state index contributed by atoms with van der Waals surface area (Å²) in [6.07, 6.45) is -6.64. The van der Waals surface area contributed by atoms with Crippen LogP contribution in [-0.2, 0) is 94.3 Å². The molecule has 2 aliphatic heterocycles. The van der Waals surface area contributed by atoms with Crippen LogP contribution in [0.1, 0.15) is 63.5 Å². The predicted molar refractivity (Wildman–Crippen MR) is 338 cm³/mol. The fourth-order valence-corrected chi connectivity index (χ4v) is 11.7. The first kappa shape index (κ1) is 79.2. The Labute approximate surface area is 559 Å². The third-order valence-electron chi connectivity index (χ3n) is 14.5. The second-order valence-electron chi connectivity index (χ2n) is 22.3. The van der Waals surface area contributed by atoms with Crippen molar-refractivity contribution in [2.75, 3.05) is 31.2 Å². The van der Waals surface area contributed by atoms with Crippen molar-refractivity contribution in [2.45, 2.75) is 144 Å². The average Bonchev–Trinajstić information content (AvgIpc) is 1.78. The lowest BCUT2D eigenvalue weighted by atomic mass is 10.0. The van der Waals surface area contributed by atoms with Gasteiger partial charge in [0.25, 0.3) is 0 Å². The Balaban J connectivity index is 1.73.